The molecule has 0 aliphatic rings. The van der Waals surface area contributed by atoms with Crippen LogP contribution < -0.4 is 5.32 Å². The van der Waals surface area contributed by atoms with Crippen LogP contribution in [0.2, 0.25) is 0 Å². The van der Waals surface area contributed by atoms with Crippen molar-refractivity contribution in [3.8, 4) is 11.4 Å². The van der Waals surface area contributed by atoms with Gasteiger partial charge in [-0.05, 0) is 18.6 Å². The number of carbonyl (C=O) groups excluding carboxylic acids is 1. The van der Waals surface area contributed by atoms with Crippen LogP contribution in [0.15, 0.2) is 23.5 Å². The van der Waals surface area contributed by atoms with Crippen molar-refractivity contribution in [1.82, 2.24) is 34.4 Å². The molecule has 0 radical (unpaired) electrons. The van der Waals surface area contributed by atoms with Crippen LogP contribution in [0, 0.1) is 6.92 Å². The Kier molecular flexibility index (Phi) is 6.21. The first-order valence-electron chi connectivity index (χ1n) is 10.7. The molecule has 0 saturated carbocycles. The van der Waals surface area contributed by atoms with E-state index in [1.165, 1.54) is 31.7 Å². The third kappa shape index (κ3) is 4.72. The average Bonchev–Trinajstić information content (AvgIpc) is 3.34. The summed E-state index contributed by atoms with van der Waals surface area (Å²) in [6.07, 6.45) is -2.83. The summed E-state index contributed by atoms with van der Waals surface area (Å²) in [5.74, 6) is -4.70. The molecular weight excluding hydrogens is 525 g/mol. The lowest BCUT2D eigenvalue weighted by Crippen LogP contribution is -2.36. The highest BCUT2D eigenvalue weighted by Gasteiger charge is 2.34. The molecule has 0 saturated heterocycles. The number of sulfone groups is 1. The number of halogens is 5. The maximum absolute atomic E-state index is 13.3. The maximum atomic E-state index is 13.3. The number of alkyl halides is 5. The molecule has 0 spiro atoms. The molecule has 0 aliphatic heterocycles. The smallest absolute Gasteiger partial charge is 0.345 e. The minimum Gasteiger partial charge on any atom is -0.345 e. The Morgan fingerprint density at radius 2 is 1.76 bits per heavy atom. The zero-order chi connectivity index (χ0) is 27.5. The highest BCUT2D eigenvalue weighted by molar-refractivity contribution is 7.91. The van der Waals surface area contributed by atoms with Gasteiger partial charge in [0.1, 0.15) is 22.6 Å². The highest BCUT2D eigenvalue weighted by atomic mass is 32.2. The van der Waals surface area contributed by atoms with Crippen molar-refractivity contribution >= 4 is 32.6 Å². The van der Waals surface area contributed by atoms with E-state index in [4.69, 9.17) is 0 Å². The van der Waals surface area contributed by atoms with Gasteiger partial charge in [-0.2, -0.15) is 18.3 Å². The predicted octanol–water partition coefficient (Wildman–Crippen LogP) is 3.18. The molecule has 0 atom stereocenters. The summed E-state index contributed by atoms with van der Waals surface area (Å²) in [7, 11) is -2.67. The van der Waals surface area contributed by atoms with E-state index < -0.39 is 50.7 Å². The number of aryl methyl sites for hydroxylation is 2. The van der Waals surface area contributed by atoms with Crippen LogP contribution in [-0.2, 0) is 23.1 Å². The second kappa shape index (κ2) is 8.71. The van der Waals surface area contributed by atoms with E-state index in [2.05, 4.69) is 25.4 Å². The molecule has 4 aromatic rings. The van der Waals surface area contributed by atoms with Gasteiger partial charge >= 0.3 is 6.18 Å². The third-order valence-electron chi connectivity index (χ3n) is 5.50. The van der Waals surface area contributed by atoms with E-state index in [9.17, 15) is 35.2 Å². The van der Waals surface area contributed by atoms with Gasteiger partial charge in [0.2, 0.25) is 0 Å². The Morgan fingerprint density at radius 1 is 1.11 bits per heavy atom. The number of nitrogens with one attached hydrogen (secondary N) is 1. The molecule has 4 heterocycles. The number of fused-ring (bicyclic) bond motifs is 2. The Bertz CT molecular complexity index is 1650. The summed E-state index contributed by atoms with van der Waals surface area (Å²) in [4.78, 5) is 25.0. The van der Waals surface area contributed by atoms with Crippen molar-refractivity contribution in [2.24, 2.45) is 7.05 Å². The third-order valence-corrected chi connectivity index (χ3v) is 7.14. The van der Waals surface area contributed by atoms with Gasteiger partial charge in [-0.15, -0.1) is 0 Å². The largest absolute Gasteiger partial charge is 0.417 e. The predicted molar refractivity (Wildman–Crippen MR) is 121 cm³/mol. The van der Waals surface area contributed by atoms with Crippen LogP contribution in [0.1, 0.15) is 35.5 Å². The second-order valence-electron chi connectivity index (χ2n) is 8.42. The number of amides is 1. The van der Waals surface area contributed by atoms with Crippen LogP contribution in [0.25, 0.3) is 28.2 Å². The summed E-state index contributed by atoms with van der Waals surface area (Å²) < 4.78 is 94.5. The van der Waals surface area contributed by atoms with Gasteiger partial charge in [-0.25, -0.2) is 36.7 Å². The molecule has 4 rings (SSSR count). The number of hydrogen-bond acceptors (Lipinski definition) is 7. The van der Waals surface area contributed by atoms with Crippen LogP contribution in [0.5, 0.6) is 0 Å². The summed E-state index contributed by atoms with van der Waals surface area (Å²) in [5, 5.41) is 5.64. The first-order chi connectivity index (χ1) is 17.0. The Morgan fingerprint density at radius 3 is 2.35 bits per heavy atom. The number of imidazole rings is 1. The van der Waals surface area contributed by atoms with Gasteiger partial charge in [-0.1, -0.05) is 6.92 Å². The van der Waals surface area contributed by atoms with Crippen molar-refractivity contribution < 1.29 is 35.2 Å². The van der Waals surface area contributed by atoms with Crippen LogP contribution in [-0.4, -0.2) is 61.7 Å². The normalized spacial score (nSPS) is 13.0. The fourth-order valence-electron chi connectivity index (χ4n) is 3.65. The van der Waals surface area contributed by atoms with Gasteiger partial charge in [0.15, 0.2) is 26.2 Å². The SMILES string of the molecule is CCS(=O)(=O)c1nn2c(C(=O)NCC(C)(F)F)c(C)cnc2c1-c1nc2cc(C(F)(F)F)cnc2n1C. The minimum absolute atomic E-state index is 0.0254. The molecule has 0 fully saturated rings. The number of hydrogen-bond donors (Lipinski definition) is 1. The fraction of sp³-hybridized carbons (Fsp3) is 0.381. The van der Waals surface area contributed by atoms with Crippen molar-refractivity contribution in [2.45, 2.75) is 37.9 Å². The lowest BCUT2D eigenvalue weighted by molar-refractivity contribution is -0.137. The molecule has 1 amide bonds. The Balaban J connectivity index is 2.02. The lowest BCUT2D eigenvalue weighted by atomic mass is 10.2. The van der Waals surface area contributed by atoms with Crippen molar-refractivity contribution in [2.75, 3.05) is 12.3 Å². The molecule has 0 bridgehead atoms. The van der Waals surface area contributed by atoms with E-state index in [1.807, 2.05) is 0 Å². The zero-order valence-electron chi connectivity index (χ0n) is 19.9. The molecule has 198 valence electrons. The van der Waals surface area contributed by atoms with Crippen LogP contribution >= 0.6 is 0 Å². The molecule has 4 aromatic heterocycles. The Labute approximate surface area is 206 Å². The van der Waals surface area contributed by atoms with Crippen molar-refractivity contribution in [1.29, 1.82) is 0 Å². The van der Waals surface area contributed by atoms with E-state index in [1.54, 1.807) is 0 Å². The van der Waals surface area contributed by atoms with Gasteiger partial charge in [0.25, 0.3) is 11.8 Å². The van der Waals surface area contributed by atoms with Crippen molar-refractivity contribution in [3.63, 3.8) is 0 Å². The topological polar surface area (TPSA) is 124 Å². The quantitative estimate of drug-likeness (QED) is 0.369. The summed E-state index contributed by atoms with van der Waals surface area (Å²) >= 11 is 0. The Hall–Kier alpha value is -3.69. The number of nitrogens with zero attached hydrogens (tertiary/aromatic N) is 6. The van der Waals surface area contributed by atoms with E-state index in [0.717, 1.165) is 10.6 Å². The number of pyridine rings is 1. The summed E-state index contributed by atoms with van der Waals surface area (Å²) in [5.41, 5.74) is -1.57. The van der Waals surface area contributed by atoms with Crippen LogP contribution in [0.4, 0.5) is 22.0 Å². The number of rotatable bonds is 6. The lowest BCUT2D eigenvalue weighted by Gasteiger charge is -2.13. The first kappa shape index (κ1) is 26.4. The molecule has 0 aromatic carbocycles. The second-order valence-corrected chi connectivity index (χ2v) is 10.6. The molecule has 16 heteroatoms. The molecule has 0 aliphatic carbocycles. The fourth-order valence-corrected chi connectivity index (χ4v) is 4.62. The molecule has 10 nitrogen and oxygen atoms in total. The molecule has 0 unspecified atom stereocenters. The zero-order valence-corrected chi connectivity index (χ0v) is 20.7. The van der Waals surface area contributed by atoms with E-state index in [-0.39, 0.29) is 39.5 Å². The van der Waals surface area contributed by atoms with Crippen molar-refractivity contribution in [3.05, 3.63) is 35.3 Å². The molecule has 37 heavy (non-hydrogen) atoms. The number of aromatic nitrogens is 6. The van der Waals surface area contributed by atoms with E-state index in [0.29, 0.717) is 13.1 Å². The minimum atomic E-state index is -4.68. The average molecular weight is 545 g/mol. The summed E-state index contributed by atoms with van der Waals surface area (Å²) in [6.45, 7) is 2.44. The number of carbonyl (C=O) groups is 1. The standard InChI is InChI=1S/C21H20F5N7O3S/c1-5-37(35,36)19-13(17-30-12-6-11(21(24,25)26)8-28-15(12)32(17)4)16-27-7-10(2)14(33(16)31-19)18(34)29-9-20(3,22)23/h6-8H,5,9H2,1-4H3,(H,29,34). The highest BCUT2D eigenvalue weighted by Crippen LogP contribution is 2.35. The van der Waals surface area contributed by atoms with Gasteiger partial charge in [-0.3, -0.25) is 4.79 Å². The maximum Gasteiger partial charge on any atom is 0.417 e. The van der Waals surface area contributed by atoms with Crippen LogP contribution in [0.3, 0.4) is 0 Å². The monoisotopic (exact) mass is 545 g/mol. The molecule has 1 N–H and O–H groups in total. The molecular formula is C21H20F5N7O3S. The van der Waals surface area contributed by atoms with Gasteiger partial charge in [0, 0.05) is 26.4 Å². The summed E-state index contributed by atoms with van der Waals surface area (Å²) in [6, 6.07) is 0.771. The first-order valence-corrected chi connectivity index (χ1v) is 12.4. The van der Waals surface area contributed by atoms with E-state index >= 15 is 0 Å². The van der Waals surface area contributed by atoms with Gasteiger partial charge in [0.05, 0.1) is 17.9 Å². The van der Waals surface area contributed by atoms with Gasteiger partial charge < -0.3 is 9.88 Å².